The molecular formula is C38H46CaO10S2. The second-order valence-electron chi connectivity index (χ2n) is 11.9. The summed E-state index contributed by atoms with van der Waals surface area (Å²) in [6.45, 7) is 4.29. The molecule has 13 heteroatoms. The maximum Gasteiger partial charge on any atom is 2.00 e. The van der Waals surface area contributed by atoms with Crippen LogP contribution in [0.2, 0.25) is 0 Å². The molecule has 0 heterocycles. The molecule has 0 aromatic heterocycles. The number of phenols is 1. The Morgan fingerprint density at radius 1 is 0.588 bits per heavy atom. The summed E-state index contributed by atoms with van der Waals surface area (Å²) in [5.74, 6) is -0.512. The zero-order valence-corrected chi connectivity index (χ0v) is 33.1. The summed E-state index contributed by atoms with van der Waals surface area (Å²) in [7, 11) is -9.37. The van der Waals surface area contributed by atoms with E-state index in [0.29, 0.717) is 35.5 Å². The van der Waals surface area contributed by atoms with Crippen molar-refractivity contribution in [3.05, 3.63) is 96.1 Å². The van der Waals surface area contributed by atoms with Crippen molar-refractivity contribution in [3.8, 4) is 34.5 Å². The Kier molecular flexibility index (Phi) is 19.4. The molecule has 0 aliphatic carbocycles. The van der Waals surface area contributed by atoms with Crippen LogP contribution in [0, 0.1) is 0 Å². The normalized spacial score (nSPS) is 11.2. The van der Waals surface area contributed by atoms with E-state index in [2.05, 4.69) is 13.8 Å². The molecule has 4 rings (SSSR count). The predicted molar refractivity (Wildman–Crippen MR) is 195 cm³/mol. The molecule has 0 amide bonds. The van der Waals surface area contributed by atoms with Crippen molar-refractivity contribution in [1.82, 2.24) is 0 Å². The Balaban J connectivity index is 0.000000347. The average Bonchev–Trinajstić information content (AvgIpc) is 3.07. The number of phenolic OH excluding ortho intramolecular Hbond substituents is 1. The number of ether oxygens (including phenoxy) is 2. The van der Waals surface area contributed by atoms with Gasteiger partial charge in [-0.1, -0.05) is 114 Å². The van der Waals surface area contributed by atoms with E-state index >= 15 is 0 Å². The van der Waals surface area contributed by atoms with Crippen LogP contribution in [0.15, 0.2) is 94.7 Å². The fraction of sp³-hybridized carbons (Fsp3) is 0.368. The molecule has 0 aliphatic rings. The molecule has 0 spiro atoms. The summed E-state index contributed by atoms with van der Waals surface area (Å²) in [6.07, 6.45) is 12.0. The molecule has 0 atom stereocenters. The topological polar surface area (TPSA) is 173 Å². The van der Waals surface area contributed by atoms with Gasteiger partial charge in [-0.15, -0.1) is 0 Å². The third-order valence-electron chi connectivity index (χ3n) is 7.91. The van der Waals surface area contributed by atoms with Gasteiger partial charge in [0, 0.05) is 0 Å². The Bertz CT molecular complexity index is 1710. The largest absolute Gasteiger partial charge is 2.00 e. The second-order valence-corrected chi connectivity index (χ2v) is 14.6. The van der Waals surface area contributed by atoms with Gasteiger partial charge in [0.25, 0.3) is 10.1 Å². The van der Waals surface area contributed by atoms with Gasteiger partial charge >= 0.3 is 37.7 Å². The number of benzene rings is 4. The van der Waals surface area contributed by atoms with Gasteiger partial charge in [0.1, 0.15) is 32.3 Å². The van der Waals surface area contributed by atoms with E-state index in [1.54, 1.807) is 60.7 Å². The Labute approximate surface area is 332 Å². The predicted octanol–water partition coefficient (Wildman–Crippen LogP) is 8.53. The van der Waals surface area contributed by atoms with Gasteiger partial charge < -0.3 is 24.2 Å². The van der Waals surface area contributed by atoms with Crippen molar-refractivity contribution in [2.75, 3.05) is 0 Å². The van der Waals surface area contributed by atoms with E-state index in [9.17, 15) is 36.2 Å². The molecular weight excluding hydrogens is 721 g/mol. The number of rotatable bonds is 18. The van der Waals surface area contributed by atoms with Gasteiger partial charge in [0.05, 0.1) is 4.90 Å². The van der Waals surface area contributed by atoms with Crippen LogP contribution >= 0.6 is 0 Å². The minimum atomic E-state index is -4.84. The van der Waals surface area contributed by atoms with Crippen molar-refractivity contribution in [2.45, 2.75) is 101 Å². The van der Waals surface area contributed by atoms with Gasteiger partial charge in [0.2, 0.25) is 0 Å². The first-order valence-corrected chi connectivity index (χ1v) is 19.8. The molecule has 4 aromatic rings. The zero-order chi connectivity index (χ0) is 36.6. The van der Waals surface area contributed by atoms with Crippen LogP contribution in [0.4, 0.5) is 0 Å². The van der Waals surface area contributed by atoms with Crippen LogP contribution < -0.4 is 14.6 Å². The molecule has 51 heavy (non-hydrogen) atoms. The van der Waals surface area contributed by atoms with Crippen LogP contribution in [-0.2, 0) is 33.1 Å². The van der Waals surface area contributed by atoms with Gasteiger partial charge in [-0.2, -0.15) is 8.42 Å². The van der Waals surface area contributed by atoms with Crippen LogP contribution in [0.3, 0.4) is 0 Å². The average molecular weight is 767 g/mol. The molecule has 0 fully saturated rings. The van der Waals surface area contributed by atoms with Crippen LogP contribution in [0.25, 0.3) is 0 Å². The summed E-state index contributed by atoms with van der Waals surface area (Å²) in [4.78, 5) is -1.32. The van der Waals surface area contributed by atoms with Crippen LogP contribution in [0.1, 0.15) is 89.2 Å². The fourth-order valence-electron chi connectivity index (χ4n) is 5.26. The Hall–Kier alpha value is -2.84. The smallest absolute Gasteiger partial charge is 0.869 e. The molecule has 0 aliphatic heterocycles. The first kappa shape index (κ1) is 44.3. The van der Waals surface area contributed by atoms with Crippen molar-refractivity contribution in [2.24, 2.45) is 0 Å². The van der Waals surface area contributed by atoms with Gasteiger partial charge in [-0.25, -0.2) is 8.42 Å². The first-order chi connectivity index (χ1) is 23.9. The van der Waals surface area contributed by atoms with Gasteiger partial charge in [-0.3, -0.25) is 4.55 Å². The molecule has 0 bridgehead atoms. The minimum absolute atomic E-state index is 0. The molecule has 4 aromatic carbocycles. The monoisotopic (exact) mass is 766 g/mol. The van der Waals surface area contributed by atoms with Gasteiger partial charge in [0.15, 0.2) is 11.5 Å². The SMILES string of the molecule is CCCCCCCc1ccc(S(=O)(=O)O)c(O)c1Oc1ccccc1.CCCCCCCc1ccc(S(=O)(=O)[O-])c([O-])c1Oc1ccccc1.[Ca+2]. The minimum Gasteiger partial charge on any atom is -0.869 e. The van der Waals surface area contributed by atoms with Crippen LogP contribution in [0.5, 0.6) is 34.5 Å². The Morgan fingerprint density at radius 3 is 1.43 bits per heavy atom. The molecule has 0 unspecified atom stereocenters. The summed E-state index contributed by atoms with van der Waals surface area (Å²) in [6, 6.07) is 22.8. The molecule has 0 saturated heterocycles. The van der Waals surface area contributed by atoms with Crippen molar-refractivity contribution >= 4 is 58.0 Å². The van der Waals surface area contributed by atoms with Gasteiger partial charge in [-0.05, 0) is 79.0 Å². The summed E-state index contributed by atoms with van der Waals surface area (Å²) < 4.78 is 77.4. The van der Waals surface area contributed by atoms with Crippen molar-refractivity contribution in [1.29, 1.82) is 0 Å². The van der Waals surface area contributed by atoms with E-state index in [-0.39, 0.29) is 49.2 Å². The quantitative estimate of drug-likeness (QED) is 0.0568. The number of unbranched alkanes of at least 4 members (excludes halogenated alkanes) is 8. The molecule has 272 valence electrons. The maximum absolute atomic E-state index is 12.5. The molecule has 10 nitrogen and oxygen atoms in total. The summed E-state index contributed by atoms with van der Waals surface area (Å²) in [5, 5.41) is 22.8. The van der Waals surface area contributed by atoms with E-state index in [4.69, 9.17) is 9.47 Å². The van der Waals surface area contributed by atoms with E-state index < -0.39 is 41.5 Å². The number of para-hydroxylation sites is 2. The van der Waals surface area contributed by atoms with Crippen molar-refractivity contribution in [3.63, 3.8) is 0 Å². The van der Waals surface area contributed by atoms with E-state index in [0.717, 1.165) is 63.9 Å². The third kappa shape index (κ3) is 14.6. The summed E-state index contributed by atoms with van der Waals surface area (Å²) >= 11 is 0. The molecule has 0 saturated carbocycles. The van der Waals surface area contributed by atoms with Crippen LogP contribution in [-0.4, -0.2) is 68.8 Å². The first-order valence-electron chi connectivity index (χ1n) is 16.9. The van der Waals surface area contributed by atoms with E-state index in [1.165, 1.54) is 18.6 Å². The zero-order valence-electron chi connectivity index (χ0n) is 29.3. The molecule has 2 N–H and O–H groups in total. The van der Waals surface area contributed by atoms with Crippen molar-refractivity contribution < 1.29 is 45.6 Å². The second kappa shape index (κ2) is 22.3. The number of aromatic hydroxyl groups is 1. The third-order valence-corrected chi connectivity index (χ3v) is 9.65. The number of hydrogen-bond acceptors (Lipinski definition) is 9. The molecule has 0 radical (unpaired) electrons. The Morgan fingerprint density at radius 2 is 1.00 bits per heavy atom. The summed E-state index contributed by atoms with van der Waals surface area (Å²) in [5.41, 5.74) is 1.34. The fourth-order valence-corrected chi connectivity index (χ4v) is 6.39. The maximum atomic E-state index is 12.5. The number of aryl methyl sites for hydroxylation is 2. The number of hydrogen-bond donors (Lipinski definition) is 2. The van der Waals surface area contributed by atoms with E-state index in [1.807, 2.05) is 6.07 Å². The standard InChI is InChI=1S/2C19H24O5S.Ca/c2*1-2-3-4-5-7-10-15-13-14-17(25(21,22)23)18(20)19(15)24-16-11-8-6-9-12-16;/h2*6,8-9,11-14,20H,2-5,7,10H2,1H3,(H,21,22,23);/q;;+2/p-2.